The van der Waals surface area contributed by atoms with Crippen molar-refractivity contribution >= 4 is 6.29 Å². The van der Waals surface area contributed by atoms with E-state index in [1.165, 1.54) is 6.39 Å². The van der Waals surface area contributed by atoms with Crippen molar-refractivity contribution in [2.45, 2.75) is 26.2 Å². The molecule has 2 rings (SSSR count). The average molecular weight is 254 g/mol. The van der Waals surface area contributed by atoms with E-state index in [1.54, 1.807) is 18.3 Å². The number of oxazole rings is 1. The second kappa shape index (κ2) is 6.50. The summed E-state index contributed by atoms with van der Waals surface area (Å²) in [5.74, 6) is 6.23. The number of aryl methyl sites for hydroxylation is 1. The summed E-state index contributed by atoms with van der Waals surface area (Å²) in [6, 6.07) is 3.50. The quantitative estimate of drug-likeness (QED) is 0.621. The van der Waals surface area contributed by atoms with Gasteiger partial charge in [0.05, 0.1) is 11.9 Å². The molecule has 0 fully saturated rings. The fourth-order valence-electron chi connectivity index (χ4n) is 1.64. The van der Waals surface area contributed by atoms with E-state index in [0.717, 1.165) is 31.2 Å². The first-order valence-corrected chi connectivity index (χ1v) is 6.19. The average Bonchev–Trinajstić information content (AvgIpc) is 2.96. The Morgan fingerprint density at radius 1 is 1.37 bits per heavy atom. The highest BCUT2D eigenvalue weighted by Gasteiger charge is 2.04. The summed E-state index contributed by atoms with van der Waals surface area (Å²) in [4.78, 5) is 19.1. The number of unbranched alkanes of at least 4 members (excludes halogenated alkanes) is 1. The highest BCUT2D eigenvalue weighted by Crippen LogP contribution is 2.09. The zero-order valence-corrected chi connectivity index (χ0v) is 10.7. The number of hydrogen-bond donors (Lipinski definition) is 0. The summed E-state index contributed by atoms with van der Waals surface area (Å²) in [6.07, 6.45) is 6.58. The van der Waals surface area contributed by atoms with Gasteiger partial charge in [-0.1, -0.05) is 13.3 Å². The zero-order valence-electron chi connectivity index (χ0n) is 10.7. The summed E-state index contributed by atoms with van der Waals surface area (Å²) in [5.41, 5.74) is 2.08. The highest BCUT2D eigenvalue weighted by atomic mass is 16.3. The van der Waals surface area contributed by atoms with Gasteiger partial charge in [0, 0.05) is 5.56 Å². The van der Waals surface area contributed by atoms with Gasteiger partial charge in [0.2, 0.25) is 0 Å². The highest BCUT2D eigenvalue weighted by molar-refractivity contribution is 5.76. The van der Waals surface area contributed by atoms with Crippen LogP contribution in [-0.4, -0.2) is 16.3 Å². The summed E-state index contributed by atoms with van der Waals surface area (Å²) < 4.78 is 5.03. The molecule has 0 atom stereocenters. The molecular formula is C15H14N2O2. The van der Waals surface area contributed by atoms with Gasteiger partial charge < -0.3 is 4.42 Å². The minimum Gasteiger partial charge on any atom is -0.435 e. The van der Waals surface area contributed by atoms with Crippen LogP contribution in [0, 0.1) is 11.8 Å². The van der Waals surface area contributed by atoms with Gasteiger partial charge in [-0.25, -0.2) is 9.97 Å². The molecule has 2 aromatic rings. The minimum atomic E-state index is 0.497. The van der Waals surface area contributed by atoms with Crippen LogP contribution in [0.2, 0.25) is 0 Å². The maximum atomic E-state index is 10.9. The normalized spacial score (nSPS) is 9.74. The fourth-order valence-corrected chi connectivity index (χ4v) is 1.64. The molecule has 0 saturated carbocycles. The van der Waals surface area contributed by atoms with E-state index in [0.29, 0.717) is 17.0 Å². The van der Waals surface area contributed by atoms with Crippen LogP contribution in [-0.2, 0) is 6.42 Å². The molecule has 96 valence electrons. The van der Waals surface area contributed by atoms with E-state index in [-0.39, 0.29) is 0 Å². The van der Waals surface area contributed by atoms with Crippen LogP contribution < -0.4 is 0 Å². The van der Waals surface area contributed by atoms with Crippen molar-refractivity contribution in [2.24, 2.45) is 0 Å². The Morgan fingerprint density at radius 2 is 2.26 bits per heavy atom. The molecule has 0 aliphatic rings. The van der Waals surface area contributed by atoms with Gasteiger partial charge in [0.15, 0.2) is 18.4 Å². The van der Waals surface area contributed by atoms with Crippen LogP contribution in [0.15, 0.2) is 29.1 Å². The maximum absolute atomic E-state index is 10.9. The molecule has 19 heavy (non-hydrogen) atoms. The van der Waals surface area contributed by atoms with Crippen molar-refractivity contribution in [2.75, 3.05) is 0 Å². The number of aromatic nitrogens is 2. The minimum absolute atomic E-state index is 0.497. The fraction of sp³-hybridized carbons (Fsp3) is 0.267. The van der Waals surface area contributed by atoms with E-state index in [1.807, 2.05) is 0 Å². The monoisotopic (exact) mass is 254 g/mol. The Labute approximate surface area is 111 Å². The van der Waals surface area contributed by atoms with E-state index < -0.39 is 0 Å². The molecule has 0 spiro atoms. The first-order chi connectivity index (χ1) is 9.33. The molecule has 2 aromatic heterocycles. The number of aldehydes is 1. The Balaban J connectivity index is 2.24. The third-order valence-corrected chi connectivity index (χ3v) is 2.65. The molecule has 0 N–H and O–H groups in total. The predicted octanol–water partition coefficient (Wildman–Crippen LogP) is 2.62. The maximum Gasteiger partial charge on any atom is 0.197 e. The van der Waals surface area contributed by atoms with Gasteiger partial charge in [-0.2, -0.15) is 0 Å². The second-order valence-corrected chi connectivity index (χ2v) is 4.07. The first-order valence-electron chi connectivity index (χ1n) is 6.19. The van der Waals surface area contributed by atoms with Crippen molar-refractivity contribution in [1.82, 2.24) is 9.97 Å². The summed E-state index contributed by atoms with van der Waals surface area (Å²) in [5, 5.41) is 0. The third-order valence-electron chi connectivity index (χ3n) is 2.65. The lowest BCUT2D eigenvalue weighted by Gasteiger charge is -2.03. The Bertz CT molecular complexity index is 607. The lowest BCUT2D eigenvalue weighted by atomic mass is 10.1. The van der Waals surface area contributed by atoms with Crippen molar-refractivity contribution in [3.05, 3.63) is 47.4 Å². The predicted molar refractivity (Wildman–Crippen MR) is 70.7 cm³/mol. The largest absolute Gasteiger partial charge is 0.435 e. The van der Waals surface area contributed by atoms with Crippen LogP contribution >= 0.6 is 0 Å². The van der Waals surface area contributed by atoms with Gasteiger partial charge >= 0.3 is 0 Å². The van der Waals surface area contributed by atoms with Gasteiger partial charge in [0.1, 0.15) is 5.69 Å². The van der Waals surface area contributed by atoms with Crippen LogP contribution in [0.5, 0.6) is 0 Å². The number of hydrogen-bond acceptors (Lipinski definition) is 4. The van der Waals surface area contributed by atoms with Gasteiger partial charge in [-0.05, 0) is 36.8 Å². The Morgan fingerprint density at radius 3 is 2.95 bits per heavy atom. The number of rotatable bonds is 4. The molecule has 0 unspecified atom stereocenters. The number of carbonyl (C=O) groups is 1. The van der Waals surface area contributed by atoms with Crippen LogP contribution in [0.3, 0.4) is 0 Å². The van der Waals surface area contributed by atoms with Crippen molar-refractivity contribution in [3.8, 4) is 11.8 Å². The van der Waals surface area contributed by atoms with Crippen LogP contribution in [0.25, 0.3) is 0 Å². The van der Waals surface area contributed by atoms with Gasteiger partial charge in [0.25, 0.3) is 0 Å². The SMILES string of the molecule is CCCCc1nc(C#Cc2cnco2)ccc1C=O. The van der Waals surface area contributed by atoms with E-state index >= 15 is 0 Å². The van der Waals surface area contributed by atoms with Crippen molar-refractivity contribution in [3.63, 3.8) is 0 Å². The molecule has 4 heteroatoms. The Hall–Kier alpha value is -2.41. The topological polar surface area (TPSA) is 56.0 Å². The summed E-state index contributed by atoms with van der Waals surface area (Å²) in [6.45, 7) is 2.11. The number of pyridine rings is 1. The van der Waals surface area contributed by atoms with E-state index in [4.69, 9.17) is 4.42 Å². The molecule has 0 amide bonds. The first kappa shape index (κ1) is 13.0. The third kappa shape index (κ3) is 3.52. The molecule has 0 aliphatic carbocycles. The van der Waals surface area contributed by atoms with E-state index in [9.17, 15) is 4.79 Å². The summed E-state index contributed by atoms with van der Waals surface area (Å²) >= 11 is 0. The molecule has 0 aliphatic heterocycles. The molecule has 0 radical (unpaired) electrons. The molecule has 0 bridgehead atoms. The molecule has 4 nitrogen and oxygen atoms in total. The Kier molecular flexibility index (Phi) is 4.46. The van der Waals surface area contributed by atoms with Gasteiger partial charge in [-0.3, -0.25) is 4.79 Å². The van der Waals surface area contributed by atoms with Gasteiger partial charge in [-0.15, -0.1) is 0 Å². The van der Waals surface area contributed by atoms with Crippen LogP contribution in [0.4, 0.5) is 0 Å². The molecule has 0 saturated heterocycles. The smallest absolute Gasteiger partial charge is 0.197 e. The standard InChI is InChI=1S/C15H14N2O2/c1-2-3-4-15-12(10-18)5-6-13(17-15)7-8-14-9-16-11-19-14/h5-6,9-11H,2-4H2,1H3. The lowest BCUT2D eigenvalue weighted by Crippen LogP contribution is -1.99. The molecule has 2 heterocycles. The van der Waals surface area contributed by atoms with E-state index in [2.05, 4.69) is 28.7 Å². The summed E-state index contributed by atoms with van der Waals surface area (Å²) in [7, 11) is 0. The number of nitrogens with zero attached hydrogens (tertiary/aromatic N) is 2. The lowest BCUT2D eigenvalue weighted by molar-refractivity contribution is 0.112. The number of carbonyl (C=O) groups excluding carboxylic acids is 1. The van der Waals surface area contributed by atoms with Crippen molar-refractivity contribution < 1.29 is 9.21 Å². The molecular weight excluding hydrogens is 240 g/mol. The van der Waals surface area contributed by atoms with Crippen molar-refractivity contribution in [1.29, 1.82) is 0 Å². The zero-order chi connectivity index (χ0) is 13.5. The van der Waals surface area contributed by atoms with Crippen LogP contribution in [0.1, 0.15) is 47.3 Å². The second-order valence-electron chi connectivity index (χ2n) is 4.07. The molecule has 0 aromatic carbocycles.